The van der Waals surface area contributed by atoms with Gasteiger partial charge in [0.25, 0.3) is 5.69 Å². The van der Waals surface area contributed by atoms with Crippen LogP contribution >= 0.6 is 0 Å². The fourth-order valence-corrected chi connectivity index (χ4v) is 3.84. The van der Waals surface area contributed by atoms with Crippen LogP contribution in [0.2, 0.25) is 0 Å². The molecule has 0 saturated carbocycles. The summed E-state index contributed by atoms with van der Waals surface area (Å²) in [7, 11) is -0.149. The highest BCUT2D eigenvalue weighted by Crippen LogP contribution is 2.28. The topological polar surface area (TPSA) is 105 Å². The van der Waals surface area contributed by atoms with Crippen LogP contribution in [0.3, 0.4) is 0 Å². The average molecular weight is 421 g/mol. The summed E-state index contributed by atoms with van der Waals surface area (Å²) in [6.07, 6.45) is 1.62. The Morgan fingerprint density at radius 1 is 1.14 bits per heavy atom. The molecule has 2 rings (SSSR count). The Bertz CT molecular complexity index is 917. The molecule has 1 atom stereocenters. The summed E-state index contributed by atoms with van der Waals surface area (Å²) < 4.78 is 27.3. The number of aryl methyl sites for hydroxylation is 1. The monoisotopic (exact) mass is 420 g/mol. The minimum Gasteiger partial charge on any atom is -0.377 e. The zero-order valence-corrected chi connectivity index (χ0v) is 17.8. The molecule has 0 fully saturated rings. The molecule has 1 unspecified atom stereocenters. The predicted octanol–water partition coefficient (Wildman–Crippen LogP) is 2.87. The molecule has 2 N–H and O–H groups in total. The summed E-state index contributed by atoms with van der Waals surface area (Å²) in [4.78, 5) is 12.7. The maximum Gasteiger partial charge on any atom is 0.293 e. The summed E-state index contributed by atoms with van der Waals surface area (Å²) in [6, 6.07) is 13.9. The Balaban J connectivity index is 2.09. The number of nitro groups is 1. The maximum atomic E-state index is 12.4. The van der Waals surface area contributed by atoms with E-state index >= 15 is 0 Å². The molecule has 29 heavy (non-hydrogen) atoms. The van der Waals surface area contributed by atoms with Crippen molar-refractivity contribution < 1.29 is 13.3 Å². The fourth-order valence-electron chi connectivity index (χ4n) is 2.80. The van der Waals surface area contributed by atoms with E-state index in [-0.39, 0.29) is 23.2 Å². The first-order valence-electron chi connectivity index (χ1n) is 9.42. The number of hydrogen-bond donors (Lipinski definition) is 2. The number of hydrogen-bond acceptors (Lipinski definition) is 6. The van der Waals surface area contributed by atoms with Crippen LogP contribution in [0.5, 0.6) is 0 Å². The zero-order chi connectivity index (χ0) is 21.4. The molecular formula is C20H28N4O4S. The van der Waals surface area contributed by atoms with Crippen molar-refractivity contribution in [1.29, 1.82) is 0 Å². The van der Waals surface area contributed by atoms with Gasteiger partial charge in [-0.15, -0.1) is 0 Å². The van der Waals surface area contributed by atoms with Gasteiger partial charge in [0.15, 0.2) is 0 Å². The molecule has 0 spiro atoms. The minimum absolute atomic E-state index is 0.0189. The number of rotatable bonds is 11. The molecule has 0 bridgehead atoms. The molecule has 0 radical (unpaired) electrons. The van der Waals surface area contributed by atoms with Gasteiger partial charge in [-0.25, -0.2) is 13.1 Å². The van der Waals surface area contributed by atoms with Gasteiger partial charge in [0.05, 0.1) is 9.82 Å². The standard InChI is InChI=1S/C20H28N4O4S/c1-16(9-10-17-7-5-4-6-8-17)22-19-12-11-18(15-20(19)24(25)26)29(27,28)21-13-14-23(2)3/h4-8,11-12,15-16,21-22H,9-10,13-14H2,1-3H3. The molecule has 0 heterocycles. The van der Waals surface area contributed by atoms with Crippen LogP contribution in [-0.4, -0.2) is 51.5 Å². The lowest BCUT2D eigenvalue weighted by molar-refractivity contribution is -0.384. The highest BCUT2D eigenvalue weighted by molar-refractivity contribution is 7.89. The van der Waals surface area contributed by atoms with Gasteiger partial charge in [-0.3, -0.25) is 10.1 Å². The van der Waals surface area contributed by atoms with Crippen LogP contribution < -0.4 is 10.0 Å². The van der Waals surface area contributed by atoms with Crippen LogP contribution in [0, 0.1) is 10.1 Å². The van der Waals surface area contributed by atoms with E-state index in [1.807, 2.05) is 56.3 Å². The lowest BCUT2D eigenvalue weighted by Gasteiger charge is -2.16. The van der Waals surface area contributed by atoms with Crippen LogP contribution in [0.4, 0.5) is 11.4 Å². The summed E-state index contributed by atoms with van der Waals surface area (Å²) in [5, 5.41) is 14.6. The zero-order valence-electron chi connectivity index (χ0n) is 17.0. The van der Waals surface area contributed by atoms with Crippen molar-refractivity contribution in [3.8, 4) is 0 Å². The highest BCUT2D eigenvalue weighted by atomic mass is 32.2. The average Bonchev–Trinajstić information content (AvgIpc) is 2.66. The SMILES string of the molecule is CC(CCc1ccccc1)Nc1ccc(S(=O)(=O)NCCN(C)C)cc1[N+](=O)[O-]. The van der Waals surface area contributed by atoms with E-state index in [1.54, 1.807) is 0 Å². The van der Waals surface area contributed by atoms with Gasteiger partial charge in [-0.05, 0) is 51.6 Å². The third kappa shape index (κ3) is 7.12. The van der Waals surface area contributed by atoms with Crippen LogP contribution in [-0.2, 0) is 16.4 Å². The van der Waals surface area contributed by atoms with E-state index in [0.717, 1.165) is 18.9 Å². The normalized spacial score (nSPS) is 12.7. The van der Waals surface area contributed by atoms with E-state index in [1.165, 1.54) is 17.7 Å². The lowest BCUT2D eigenvalue weighted by Crippen LogP contribution is -2.31. The number of nitrogens with zero attached hydrogens (tertiary/aromatic N) is 2. The van der Waals surface area contributed by atoms with Gasteiger partial charge < -0.3 is 10.2 Å². The molecule has 2 aromatic carbocycles. The molecule has 158 valence electrons. The summed E-state index contributed by atoms with van der Waals surface area (Å²) in [6.45, 7) is 2.69. The number of nitrogens with one attached hydrogen (secondary N) is 2. The lowest BCUT2D eigenvalue weighted by atomic mass is 10.1. The smallest absolute Gasteiger partial charge is 0.293 e. The Labute approximate surface area is 172 Å². The molecule has 9 heteroatoms. The first kappa shape index (κ1) is 22.8. The number of nitro benzene ring substituents is 1. The van der Waals surface area contributed by atoms with Crippen molar-refractivity contribution >= 4 is 21.4 Å². The van der Waals surface area contributed by atoms with E-state index < -0.39 is 14.9 Å². The number of likely N-dealkylation sites (N-methyl/N-ethyl adjacent to an activating group) is 1. The third-order valence-corrected chi connectivity index (χ3v) is 5.90. The Morgan fingerprint density at radius 3 is 2.45 bits per heavy atom. The largest absolute Gasteiger partial charge is 0.377 e. The Morgan fingerprint density at radius 2 is 1.83 bits per heavy atom. The van der Waals surface area contributed by atoms with Gasteiger partial charge in [-0.1, -0.05) is 30.3 Å². The number of sulfonamides is 1. The van der Waals surface area contributed by atoms with Crippen molar-refractivity contribution in [3.63, 3.8) is 0 Å². The molecule has 0 aliphatic heterocycles. The summed E-state index contributed by atoms with van der Waals surface area (Å²) in [5.41, 5.74) is 1.25. The third-order valence-electron chi connectivity index (χ3n) is 4.44. The second kappa shape index (κ2) is 10.3. The Hall–Kier alpha value is -2.49. The molecule has 0 aliphatic rings. The fraction of sp³-hybridized carbons (Fsp3) is 0.400. The summed E-state index contributed by atoms with van der Waals surface area (Å²) in [5.74, 6) is 0. The quantitative estimate of drug-likeness (QED) is 0.428. The molecule has 0 saturated heterocycles. The minimum atomic E-state index is -3.81. The van der Waals surface area contributed by atoms with Crippen LogP contribution in [0.25, 0.3) is 0 Å². The van der Waals surface area contributed by atoms with Gasteiger partial charge in [0, 0.05) is 25.2 Å². The van der Waals surface area contributed by atoms with Crippen LogP contribution in [0.15, 0.2) is 53.4 Å². The number of benzene rings is 2. The van der Waals surface area contributed by atoms with Crippen molar-refractivity contribution in [2.24, 2.45) is 0 Å². The first-order valence-corrected chi connectivity index (χ1v) is 10.9. The molecule has 0 aliphatic carbocycles. The van der Waals surface area contributed by atoms with Gasteiger partial charge in [0.2, 0.25) is 10.0 Å². The highest BCUT2D eigenvalue weighted by Gasteiger charge is 2.22. The summed E-state index contributed by atoms with van der Waals surface area (Å²) >= 11 is 0. The molecule has 0 amide bonds. The molecule has 0 aromatic heterocycles. The first-order chi connectivity index (χ1) is 13.7. The van der Waals surface area contributed by atoms with E-state index in [2.05, 4.69) is 10.0 Å². The molecule has 2 aromatic rings. The van der Waals surface area contributed by atoms with E-state index in [4.69, 9.17) is 0 Å². The van der Waals surface area contributed by atoms with Crippen LogP contribution in [0.1, 0.15) is 18.9 Å². The number of anilines is 1. The van der Waals surface area contributed by atoms with E-state index in [9.17, 15) is 18.5 Å². The molecule has 8 nitrogen and oxygen atoms in total. The Kier molecular flexibility index (Phi) is 8.12. The molecular weight excluding hydrogens is 392 g/mol. The van der Waals surface area contributed by atoms with Crippen molar-refractivity contribution in [2.75, 3.05) is 32.5 Å². The van der Waals surface area contributed by atoms with Gasteiger partial charge >= 0.3 is 0 Å². The van der Waals surface area contributed by atoms with Crippen molar-refractivity contribution in [3.05, 3.63) is 64.2 Å². The van der Waals surface area contributed by atoms with Gasteiger partial charge in [0.1, 0.15) is 5.69 Å². The predicted molar refractivity (Wildman–Crippen MR) is 115 cm³/mol. The second-order valence-corrected chi connectivity index (χ2v) is 8.97. The second-order valence-electron chi connectivity index (χ2n) is 7.21. The van der Waals surface area contributed by atoms with Crippen molar-refractivity contribution in [1.82, 2.24) is 9.62 Å². The van der Waals surface area contributed by atoms with Gasteiger partial charge in [-0.2, -0.15) is 0 Å². The van der Waals surface area contributed by atoms with E-state index in [0.29, 0.717) is 12.2 Å². The maximum absolute atomic E-state index is 12.4. The van der Waals surface area contributed by atoms with Crippen molar-refractivity contribution in [2.45, 2.75) is 30.7 Å².